The Morgan fingerprint density at radius 1 is 1.22 bits per heavy atom. The van der Waals surface area contributed by atoms with Crippen LogP contribution in [0.4, 0.5) is 5.69 Å². The Labute approximate surface area is 107 Å². The average molecular weight is 242 g/mol. The van der Waals surface area contributed by atoms with E-state index in [1.165, 1.54) is 11.3 Å². The van der Waals surface area contributed by atoms with Crippen molar-refractivity contribution in [3.63, 3.8) is 0 Å². The van der Waals surface area contributed by atoms with Crippen LogP contribution >= 0.6 is 0 Å². The van der Waals surface area contributed by atoms with Gasteiger partial charge in [0.2, 0.25) is 0 Å². The maximum Gasteiger partial charge on any atom is 0.105 e. The molecule has 1 aromatic carbocycles. The van der Waals surface area contributed by atoms with E-state index in [9.17, 15) is 0 Å². The van der Waals surface area contributed by atoms with Gasteiger partial charge in [-0.1, -0.05) is 18.2 Å². The summed E-state index contributed by atoms with van der Waals surface area (Å²) in [5.41, 5.74) is 2.71. The van der Waals surface area contributed by atoms with Crippen molar-refractivity contribution in [2.75, 3.05) is 18.4 Å². The van der Waals surface area contributed by atoms with Crippen LogP contribution in [0, 0.1) is 0 Å². The molecule has 2 N–H and O–H groups in total. The standard InChI is InChI=1S/C15H18N2O/c1-2-6-15-12(4-1)10-13(17-15)11-16-8-7-14-5-3-9-18-14/h1-6,9,13,16-17H,7-8,10-11H2. The summed E-state index contributed by atoms with van der Waals surface area (Å²) in [6.45, 7) is 1.96. The highest BCUT2D eigenvalue weighted by molar-refractivity contribution is 5.56. The lowest BCUT2D eigenvalue weighted by atomic mass is 10.1. The highest BCUT2D eigenvalue weighted by atomic mass is 16.3. The van der Waals surface area contributed by atoms with Crippen molar-refractivity contribution in [3.8, 4) is 0 Å². The van der Waals surface area contributed by atoms with Crippen molar-refractivity contribution in [2.45, 2.75) is 18.9 Å². The SMILES string of the molecule is c1coc(CCNCC2Cc3ccccc3N2)c1. The van der Waals surface area contributed by atoms with E-state index in [1.54, 1.807) is 6.26 Å². The minimum absolute atomic E-state index is 0.513. The quantitative estimate of drug-likeness (QED) is 0.791. The zero-order valence-electron chi connectivity index (χ0n) is 10.4. The van der Waals surface area contributed by atoms with Gasteiger partial charge in [-0.2, -0.15) is 0 Å². The van der Waals surface area contributed by atoms with E-state index in [0.717, 1.165) is 31.7 Å². The van der Waals surface area contributed by atoms with Crippen LogP contribution in [0.5, 0.6) is 0 Å². The Balaban J connectivity index is 1.41. The van der Waals surface area contributed by atoms with Crippen LogP contribution in [0.15, 0.2) is 47.1 Å². The van der Waals surface area contributed by atoms with Crippen LogP contribution in [0.3, 0.4) is 0 Å². The molecular formula is C15H18N2O. The maximum absolute atomic E-state index is 5.30. The van der Waals surface area contributed by atoms with Crippen LogP contribution in [0.2, 0.25) is 0 Å². The Bertz CT molecular complexity index is 468. The molecule has 0 amide bonds. The molecule has 18 heavy (non-hydrogen) atoms. The van der Waals surface area contributed by atoms with Gasteiger partial charge in [-0.3, -0.25) is 0 Å². The van der Waals surface area contributed by atoms with E-state index in [1.807, 2.05) is 12.1 Å². The summed E-state index contributed by atoms with van der Waals surface area (Å²) in [4.78, 5) is 0. The molecule has 94 valence electrons. The van der Waals surface area contributed by atoms with E-state index >= 15 is 0 Å². The number of para-hydroxylation sites is 1. The van der Waals surface area contributed by atoms with Gasteiger partial charge in [0.25, 0.3) is 0 Å². The Kier molecular flexibility index (Phi) is 3.33. The Morgan fingerprint density at radius 3 is 3.00 bits per heavy atom. The average Bonchev–Trinajstić information content (AvgIpc) is 3.03. The van der Waals surface area contributed by atoms with Crippen molar-refractivity contribution in [1.82, 2.24) is 5.32 Å². The number of hydrogen-bond donors (Lipinski definition) is 2. The van der Waals surface area contributed by atoms with E-state index < -0.39 is 0 Å². The Hall–Kier alpha value is -1.74. The lowest BCUT2D eigenvalue weighted by Crippen LogP contribution is -2.32. The molecule has 0 aliphatic carbocycles. The van der Waals surface area contributed by atoms with Crippen molar-refractivity contribution in [3.05, 3.63) is 54.0 Å². The van der Waals surface area contributed by atoms with Gasteiger partial charge in [-0.05, 0) is 30.2 Å². The molecule has 0 spiro atoms. The van der Waals surface area contributed by atoms with Gasteiger partial charge in [-0.25, -0.2) is 0 Å². The summed E-state index contributed by atoms with van der Waals surface area (Å²) in [5, 5.41) is 7.02. The molecule has 1 atom stereocenters. The summed E-state index contributed by atoms with van der Waals surface area (Å²) in [6.07, 6.45) is 3.79. The number of benzene rings is 1. The molecule has 1 aliphatic rings. The molecule has 0 saturated heterocycles. The van der Waals surface area contributed by atoms with Crippen molar-refractivity contribution in [1.29, 1.82) is 0 Å². The molecule has 1 unspecified atom stereocenters. The third-order valence-electron chi connectivity index (χ3n) is 3.36. The molecule has 3 rings (SSSR count). The van der Waals surface area contributed by atoms with Crippen LogP contribution in [-0.4, -0.2) is 19.1 Å². The largest absolute Gasteiger partial charge is 0.469 e. The van der Waals surface area contributed by atoms with E-state index in [0.29, 0.717) is 6.04 Å². The number of fused-ring (bicyclic) bond motifs is 1. The van der Waals surface area contributed by atoms with Gasteiger partial charge in [0.15, 0.2) is 0 Å². The smallest absolute Gasteiger partial charge is 0.105 e. The highest BCUT2D eigenvalue weighted by Gasteiger charge is 2.18. The van der Waals surface area contributed by atoms with Crippen LogP contribution in [-0.2, 0) is 12.8 Å². The topological polar surface area (TPSA) is 37.2 Å². The molecular weight excluding hydrogens is 224 g/mol. The number of rotatable bonds is 5. The van der Waals surface area contributed by atoms with E-state index in [4.69, 9.17) is 4.42 Å². The first-order chi connectivity index (χ1) is 8.92. The second-order valence-corrected chi connectivity index (χ2v) is 4.74. The number of furan rings is 1. The van der Waals surface area contributed by atoms with Gasteiger partial charge >= 0.3 is 0 Å². The van der Waals surface area contributed by atoms with E-state index in [-0.39, 0.29) is 0 Å². The summed E-state index contributed by atoms with van der Waals surface area (Å²) >= 11 is 0. The predicted octanol–water partition coefficient (Wildman–Crippen LogP) is 2.45. The monoisotopic (exact) mass is 242 g/mol. The van der Waals surface area contributed by atoms with Gasteiger partial charge in [0, 0.05) is 31.2 Å². The Morgan fingerprint density at radius 2 is 2.17 bits per heavy atom. The first-order valence-corrected chi connectivity index (χ1v) is 6.49. The molecule has 0 radical (unpaired) electrons. The minimum Gasteiger partial charge on any atom is -0.469 e. The second-order valence-electron chi connectivity index (χ2n) is 4.74. The zero-order chi connectivity index (χ0) is 12.2. The lowest BCUT2D eigenvalue weighted by molar-refractivity contribution is 0.495. The van der Waals surface area contributed by atoms with Gasteiger partial charge in [-0.15, -0.1) is 0 Å². The third-order valence-corrected chi connectivity index (χ3v) is 3.36. The third kappa shape index (κ3) is 2.57. The van der Waals surface area contributed by atoms with Crippen molar-refractivity contribution >= 4 is 5.69 Å². The second kappa shape index (κ2) is 5.27. The molecule has 3 nitrogen and oxygen atoms in total. The molecule has 0 fully saturated rings. The van der Waals surface area contributed by atoms with E-state index in [2.05, 4.69) is 34.9 Å². The summed E-state index contributed by atoms with van der Waals surface area (Å²) in [6, 6.07) is 13.0. The van der Waals surface area contributed by atoms with Gasteiger partial charge in [0.05, 0.1) is 6.26 Å². The summed E-state index contributed by atoms with van der Waals surface area (Å²) in [7, 11) is 0. The van der Waals surface area contributed by atoms with Crippen LogP contribution in [0.1, 0.15) is 11.3 Å². The molecule has 2 aromatic rings. The van der Waals surface area contributed by atoms with Crippen molar-refractivity contribution < 1.29 is 4.42 Å². The summed E-state index contributed by atoms with van der Waals surface area (Å²) in [5.74, 6) is 1.05. The summed E-state index contributed by atoms with van der Waals surface area (Å²) < 4.78 is 5.30. The fourth-order valence-electron chi connectivity index (χ4n) is 2.44. The molecule has 3 heteroatoms. The minimum atomic E-state index is 0.513. The number of nitrogens with one attached hydrogen (secondary N) is 2. The van der Waals surface area contributed by atoms with Crippen molar-refractivity contribution in [2.24, 2.45) is 0 Å². The molecule has 0 saturated carbocycles. The first kappa shape index (κ1) is 11.4. The van der Waals surface area contributed by atoms with Gasteiger partial charge in [0.1, 0.15) is 5.76 Å². The van der Waals surface area contributed by atoms with Crippen LogP contribution in [0.25, 0.3) is 0 Å². The first-order valence-electron chi connectivity index (χ1n) is 6.49. The number of hydrogen-bond acceptors (Lipinski definition) is 3. The lowest BCUT2D eigenvalue weighted by Gasteiger charge is -2.11. The predicted molar refractivity (Wildman–Crippen MR) is 72.8 cm³/mol. The van der Waals surface area contributed by atoms with Gasteiger partial charge < -0.3 is 15.1 Å². The fraction of sp³-hybridized carbons (Fsp3) is 0.333. The maximum atomic E-state index is 5.30. The molecule has 1 aromatic heterocycles. The van der Waals surface area contributed by atoms with Crippen LogP contribution < -0.4 is 10.6 Å². The highest BCUT2D eigenvalue weighted by Crippen LogP contribution is 2.24. The fourth-order valence-corrected chi connectivity index (χ4v) is 2.44. The zero-order valence-corrected chi connectivity index (χ0v) is 10.4. The molecule has 0 bridgehead atoms. The molecule has 1 aliphatic heterocycles. The number of anilines is 1. The molecule has 2 heterocycles. The normalized spacial score (nSPS) is 17.4.